The number of anilines is 1. The van der Waals surface area contributed by atoms with Gasteiger partial charge in [-0.3, -0.25) is 4.79 Å². The van der Waals surface area contributed by atoms with Crippen LogP contribution in [0, 0.1) is 0 Å². The highest BCUT2D eigenvalue weighted by atomic mass is 16.5. The molecule has 31 heavy (non-hydrogen) atoms. The van der Waals surface area contributed by atoms with E-state index in [1.165, 1.54) is 0 Å². The molecular weight excluding hydrogens is 392 g/mol. The minimum Gasteiger partial charge on any atom is -0.493 e. The van der Waals surface area contributed by atoms with Crippen molar-refractivity contribution < 1.29 is 9.47 Å². The van der Waals surface area contributed by atoms with Crippen molar-refractivity contribution in [1.29, 1.82) is 0 Å². The fourth-order valence-corrected chi connectivity index (χ4v) is 3.07. The Morgan fingerprint density at radius 3 is 2.39 bits per heavy atom. The number of aromatic nitrogens is 1. The smallest absolute Gasteiger partial charge is 0.250 e. The van der Waals surface area contributed by atoms with Gasteiger partial charge in [0.15, 0.2) is 17.5 Å². The normalized spacial score (nSPS) is 11.1. The quantitative estimate of drug-likeness (QED) is 0.431. The first-order chi connectivity index (χ1) is 15.1. The third kappa shape index (κ3) is 6.12. The van der Waals surface area contributed by atoms with E-state index in [-0.39, 0.29) is 5.56 Å². The van der Waals surface area contributed by atoms with Gasteiger partial charge in [0.2, 0.25) is 0 Å². The second kappa shape index (κ2) is 10.9. The molecule has 0 saturated heterocycles. The summed E-state index contributed by atoms with van der Waals surface area (Å²) >= 11 is 0. The van der Waals surface area contributed by atoms with Crippen molar-refractivity contribution in [3.8, 4) is 11.5 Å². The molecule has 0 fully saturated rings. The highest BCUT2D eigenvalue weighted by Gasteiger charge is 2.06. The molecule has 0 bridgehead atoms. The summed E-state index contributed by atoms with van der Waals surface area (Å²) in [5.41, 5.74) is 2.98. The van der Waals surface area contributed by atoms with Gasteiger partial charge in [-0.2, -0.15) is 0 Å². The largest absolute Gasteiger partial charge is 0.493 e. The molecule has 1 aromatic heterocycles. The van der Waals surface area contributed by atoms with Crippen LogP contribution in [0.2, 0.25) is 0 Å². The Kier molecular flexibility index (Phi) is 7.70. The molecule has 7 nitrogen and oxygen atoms in total. The Morgan fingerprint density at radius 1 is 0.968 bits per heavy atom. The first kappa shape index (κ1) is 22.0. The molecule has 0 aliphatic rings. The van der Waals surface area contributed by atoms with Gasteiger partial charge in [-0.25, -0.2) is 4.99 Å². The number of ether oxygens (including phenoxy) is 2. The van der Waals surface area contributed by atoms with Crippen LogP contribution in [0.15, 0.2) is 76.6 Å². The van der Waals surface area contributed by atoms with Crippen molar-refractivity contribution in [2.24, 2.45) is 4.99 Å². The fraction of sp³-hybridized carbons (Fsp3) is 0.250. The second-order valence-corrected chi connectivity index (χ2v) is 6.87. The molecule has 0 aliphatic heterocycles. The molecule has 162 valence electrons. The van der Waals surface area contributed by atoms with Crippen molar-refractivity contribution in [2.45, 2.75) is 20.0 Å². The lowest BCUT2D eigenvalue weighted by molar-refractivity contribution is 0.355. The number of nitrogens with zero attached hydrogens (tertiary/aromatic N) is 2. The number of nitrogens with one attached hydrogen (secondary N) is 2. The van der Waals surface area contributed by atoms with E-state index in [1.54, 1.807) is 37.1 Å². The summed E-state index contributed by atoms with van der Waals surface area (Å²) in [5.74, 6) is 2.00. The van der Waals surface area contributed by atoms with Gasteiger partial charge in [-0.15, -0.1) is 0 Å². The number of aliphatic imine (C=N–C) groups is 1. The van der Waals surface area contributed by atoms with Crippen LogP contribution in [0.25, 0.3) is 0 Å². The number of hydrogen-bond acceptors (Lipinski definition) is 4. The van der Waals surface area contributed by atoms with Gasteiger partial charge in [0.1, 0.15) is 0 Å². The van der Waals surface area contributed by atoms with Gasteiger partial charge in [0.05, 0.1) is 27.3 Å². The molecule has 0 amide bonds. The Bertz CT molecular complexity index is 1070. The molecule has 7 heteroatoms. The van der Waals surface area contributed by atoms with Gasteiger partial charge in [-0.1, -0.05) is 30.3 Å². The predicted octanol–water partition coefficient (Wildman–Crippen LogP) is 3.49. The van der Waals surface area contributed by atoms with Crippen LogP contribution in [0.4, 0.5) is 5.69 Å². The SMILES string of the molecule is CCNC(=NCc1ccc(Cn2ccccc2=O)cc1)Nc1ccc(OC)c(OC)c1. The van der Waals surface area contributed by atoms with Crippen LogP contribution >= 0.6 is 0 Å². The van der Waals surface area contributed by atoms with E-state index in [1.807, 2.05) is 55.5 Å². The summed E-state index contributed by atoms with van der Waals surface area (Å²) < 4.78 is 12.3. The molecule has 0 radical (unpaired) electrons. The first-order valence-corrected chi connectivity index (χ1v) is 10.1. The Labute approximate surface area is 182 Å². The van der Waals surface area contributed by atoms with Gasteiger partial charge >= 0.3 is 0 Å². The van der Waals surface area contributed by atoms with Crippen LogP contribution in [0.3, 0.4) is 0 Å². The minimum atomic E-state index is -0.00676. The average Bonchev–Trinajstić information content (AvgIpc) is 2.80. The minimum absolute atomic E-state index is 0.00676. The predicted molar refractivity (Wildman–Crippen MR) is 124 cm³/mol. The number of benzene rings is 2. The van der Waals surface area contributed by atoms with E-state index in [2.05, 4.69) is 15.6 Å². The zero-order chi connectivity index (χ0) is 22.1. The van der Waals surface area contributed by atoms with Crippen LogP contribution in [-0.4, -0.2) is 31.3 Å². The summed E-state index contributed by atoms with van der Waals surface area (Å²) in [5, 5.41) is 6.54. The third-order valence-corrected chi connectivity index (χ3v) is 4.69. The summed E-state index contributed by atoms with van der Waals surface area (Å²) in [6.07, 6.45) is 1.79. The zero-order valence-electron chi connectivity index (χ0n) is 18.1. The maximum atomic E-state index is 11.9. The lowest BCUT2D eigenvalue weighted by Gasteiger charge is -2.14. The van der Waals surface area contributed by atoms with E-state index >= 15 is 0 Å². The molecule has 3 rings (SSSR count). The lowest BCUT2D eigenvalue weighted by Crippen LogP contribution is -2.30. The molecule has 0 atom stereocenters. The van der Waals surface area contributed by atoms with Crippen LogP contribution in [0.1, 0.15) is 18.1 Å². The first-order valence-electron chi connectivity index (χ1n) is 10.1. The third-order valence-electron chi connectivity index (χ3n) is 4.69. The molecule has 3 aromatic rings. The Morgan fingerprint density at radius 2 is 1.71 bits per heavy atom. The maximum absolute atomic E-state index is 11.9. The van der Waals surface area contributed by atoms with E-state index in [9.17, 15) is 4.79 Å². The van der Waals surface area contributed by atoms with E-state index in [4.69, 9.17) is 9.47 Å². The summed E-state index contributed by atoms with van der Waals surface area (Å²) in [6, 6.07) is 18.9. The lowest BCUT2D eigenvalue weighted by atomic mass is 10.1. The molecule has 2 N–H and O–H groups in total. The van der Waals surface area contributed by atoms with E-state index in [0.717, 1.165) is 23.4 Å². The fourth-order valence-electron chi connectivity index (χ4n) is 3.07. The second-order valence-electron chi connectivity index (χ2n) is 6.87. The highest BCUT2D eigenvalue weighted by Crippen LogP contribution is 2.29. The van der Waals surface area contributed by atoms with Crippen LogP contribution < -0.4 is 25.7 Å². The van der Waals surface area contributed by atoms with Crippen LogP contribution in [-0.2, 0) is 13.1 Å². The number of hydrogen-bond donors (Lipinski definition) is 2. The highest BCUT2D eigenvalue weighted by molar-refractivity contribution is 5.93. The van der Waals surface area contributed by atoms with Crippen molar-refractivity contribution in [1.82, 2.24) is 9.88 Å². The molecule has 0 saturated carbocycles. The Balaban J connectivity index is 1.67. The average molecular weight is 421 g/mol. The molecule has 2 aromatic carbocycles. The van der Waals surface area contributed by atoms with Crippen molar-refractivity contribution in [3.05, 3.63) is 88.3 Å². The molecule has 1 heterocycles. The number of methoxy groups -OCH3 is 2. The standard InChI is InChI=1S/C24H28N4O3/c1-4-25-24(27-20-12-13-21(30-2)22(15-20)31-3)26-16-18-8-10-19(11-9-18)17-28-14-6-5-7-23(28)29/h5-15H,4,16-17H2,1-3H3,(H2,25,26,27). The number of guanidine groups is 1. The maximum Gasteiger partial charge on any atom is 0.250 e. The van der Waals surface area contributed by atoms with Crippen molar-refractivity contribution in [2.75, 3.05) is 26.1 Å². The topological polar surface area (TPSA) is 76.9 Å². The van der Waals surface area contributed by atoms with E-state index < -0.39 is 0 Å². The summed E-state index contributed by atoms with van der Waals surface area (Å²) in [6.45, 7) is 3.83. The van der Waals surface area contributed by atoms with Crippen LogP contribution in [0.5, 0.6) is 11.5 Å². The molecular formula is C24H28N4O3. The van der Waals surface area contributed by atoms with Gasteiger partial charge in [0, 0.05) is 30.6 Å². The van der Waals surface area contributed by atoms with Gasteiger partial charge in [0.25, 0.3) is 5.56 Å². The molecule has 0 unspecified atom stereocenters. The van der Waals surface area contributed by atoms with Crippen molar-refractivity contribution >= 4 is 11.6 Å². The number of pyridine rings is 1. The summed E-state index contributed by atoms with van der Waals surface area (Å²) in [7, 11) is 3.22. The number of rotatable bonds is 8. The Hall–Kier alpha value is -3.74. The van der Waals surface area contributed by atoms with E-state index in [0.29, 0.717) is 30.5 Å². The monoisotopic (exact) mass is 420 g/mol. The zero-order valence-corrected chi connectivity index (χ0v) is 18.1. The van der Waals surface area contributed by atoms with Crippen molar-refractivity contribution in [3.63, 3.8) is 0 Å². The molecule has 0 spiro atoms. The van der Waals surface area contributed by atoms with Gasteiger partial charge in [-0.05, 0) is 36.2 Å². The summed E-state index contributed by atoms with van der Waals surface area (Å²) in [4.78, 5) is 16.5. The molecule has 0 aliphatic carbocycles. The van der Waals surface area contributed by atoms with Gasteiger partial charge < -0.3 is 24.7 Å².